The number of aliphatic hydroxyl groups is 1. The summed E-state index contributed by atoms with van der Waals surface area (Å²) in [5, 5.41) is 15.7. The van der Waals surface area contributed by atoms with Gasteiger partial charge in [-0.3, -0.25) is 9.59 Å². The van der Waals surface area contributed by atoms with Gasteiger partial charge >= 0.3 is 7.12 Å². The number of hydrogen-bond acceptors (Lipinski definition) is 7. The van der Waals surface area contributed by atoms with Crippen LogP contribution in [0.2, 0.25) is 0 Å². The number of nitrogens with one attached hydrogen (secondary N) is 2. The number of hydrogen-bond donors (Lipinski definition) is 3. The van der Waals surface area contributed by atoms with E-state index in [0.717, 1.165) is 11.1 Å². The maximum atomic E-state index is 13.2. The number of carbonyl (C=O) groups excluding carboxylic acids is 2. The Morgan fingerprint density at radius 2 is 1.76 bits per heavy atom. The molecule has 0 bridgehead atoms. The predicted octanol–water partition coefficient (Wildman–Crippen LogP) is 2.45. The second kappa shape index (κ2) is 11.6. The van der Waals surface area contributed by atoms with Crippen molar-refractivity contribution >= 4 is 18.9 Å². The Hall–Kier alpha value is -2.30. The van der Waals surface area contributed by atoms with Crippen LogP contribution in [-0.2, 0) is 31.7 Å². The van der Waals surface area contributed by atoms with E-state index in [1.54, 1.807) is 14.2 Å². The fourth-order valence-electron chi connectivity index (χ4n) is 4.96. The largest absolute Gasteiger partial charge is 0.493 e. The fourth-order valence-corrected chi connectivity index (χ4v) is 4.96. The Balaban J connectivity index is 1.69. The molecule has 3 rings (SSSR count). The predicted molar refractivity (Wildman–Crippen MR) is 142 cm³/mol. The molecule has 1 aliphatic carbocycles. The summed E-state index contributed by atoms with van der Waals surface area (Å²) >= 11 is 0. The van der Waals surface area contributed by atoms with Crippen molar-refractivity contribution in [1.29, 1.82) is 0 Å². The third kappa shape index (κ3) is 6.41. The maximum Gasteiger partial charge on any atom is 0.481 e. The van der Waals surface area contributed by atoms with Crippen LogP contribution in [0.1, 0.15) is 65.5 Å². The van der Waals surface area contributed by atoms with E-state index >= 15 is 0 Å². The summed E-state index contributed by atoms with van der Waals surface area (Å²) < 4.78 is 23.3. The second-order valence-electron chi connectivity index (χ2n) is 11.5. The molecule has 0 radical (unpaired) electrons. The summed E-state index contributed by atoms with van der Waals surface area (Å²) in [6.07, 6.45) is 2.43. The molecule has 206 valence electrons. The first-order chi connectivity index (χ1) is 17.3. The zero-order chi connectivity index (χ0) is 27.5. The van der Waals surface area contributed by atoms with Gasteiger partial charge in [-0.05, 0) is 70.9 Å². The SMILES string of the molecule is COc1ccc2c(c1OC)CC(C(=O)N[C@@H](CO)C(=O)N[C@@H](CC(C)C)B1OC(C)(C)C(C)(C)O1)CC2. The molecular weight excluding hydrogens is 475 g/mol. The van der Waals surface area contributed by atoms with Gasteiger partial charge in [0.15, 0.2) is 11.5 Å². The van der Waals surface area contributed by atoms with Gasteiger partial charge < -0.3 is 34.5 Å². The minimum Gasteiger partial charge on any atom is -0.493 e. The van der Waals surface area contributed by atoms with Gasteiger partial charge in [0.05, 0.1) is 38.0 Å². The summed E-state index contributed by atoms with van der Waals surface area (Å²) in [6.45, 7) is 11.4. The standard InChI is InChI=1S/C27H43BN2O7/c1-16(2)13-22(28-36-26(3,4)27(5,6)37-28)30-25(33)20(15-31)29-24(32)18-10-9-17-11-12-21(34-7)23(35-8)19(17)14-18/h11-12,16,18,20,22,31H,9-10,13-15H2,1-8H3,(H,29,32)(H,30,33)/t18?,20-,22-/m0/s1. The molecule has 1 aromatic carbocycles. The zero-order valence-electron chi connectivity index (χ0n) is 23.5. The summed E-state index contributed by atoms with van der Waals surface area (Å²) in [5.41, 5.74) is 0.986. The smallest absolute Gasteiger partial charge is 0.481 e. The molecule has 2 amide bonds. The highest BCUT2D eigenvalue weighted by atomic mass is 16.7. The van der Waals surface area contributed by atoms with E-state index in [0.29, 0.717) is 37.2 Å². The van der Waals surface area contributed by atoms with Crippen molar-refractivity contribution in [3.05, 3.63) is 23.3 Å². The molecule has 1 heterocycles. The van der Waals surface area contributed by atoms with Crippen LogP contribution in [0.25, 0.3) is 0 Å². The number of amides is 2. The lowest BCUT2D eigenvalue weighted by Crippen LogP contribution is -2.56. The molecule has 1 aromatic rings. The first kappa shape index (κ1) is 29.3. The second-order valence-corrected chi connectivity index (χ2v) is 11.5. The normalized spacial score (nSPS) is 21.7. The van der Waals surface area contributed by atoms with Crippen LogP contribution in [0.3, 0.4) is 0 Å². The number of aliphatic hydroxyl groups excluding tert-OH is 1. The summed E-state index contributed by atoms with van der Waals surface area (Å²) in [7, 11) is 2.53. The van der Waals surface area contributed by atoms with Crippen LogP contribution < -0.4 is 20.1 Å². The molecule has 1 aliphatic heterocycles. The van der Waals surface area contributed by atoms with Gasteiger partial charge in [0.25, 0.3) is 0 Å². The van der Waals surface area contributed by atoms with E-state index in [9.17, 15) is 14.7 Å². The molecular formula is C27H43BN2O7. The lowest BCUT2D eigenvalue weighted by Gasteiger charge is -2.32. The van der Waals surface area contributed by atoms with Gasteiger partial charge in [-0.1, -0.05) is 19.9 Å². The van der Waals surface area contributed by atoms with E-state index in [4.69, 9.17) is 18.8 Å². The first-order valence-electron chi connectivity index (χ1n) is 13.1. The molecule has 1 fully saturated rings. The highest BCUT2D eigenvalue weighted by Crippen LogP contribution is 2.39. The number of ether oxygens (including phenoxy) is 2. The van der Waals surface area contributed by atoms with Crippen molar-refractivity contribution in [1.82, 2.24) is 10.6 Å². The van der Waals surface area contributed by atoms with Crippen molar-refractivity contribution in [3.8, 4) is 11.5 Å². The van der Waals surface area contributed by atoms with E-state index in [2.05, 4.69) is 24.5 Å². The van der Waals surface area contributed by atoms with Gasteiger partial charge in [-0.25, -0.2) is 0 Å². The van der Waals surface area contributed by atoms with Crippen LogP contribution in [0, 0.1) is 11.8 Å². The Labute approximate surface area is 221 Å². The molecule has 9 nitrogen and oxygen atoms in total. The van der Waals surface area contributed by atoms with Gasteiger partial charge in [-0.2, -0.15) is 0 Å². The Morgan fingerprint density at radius 3 is 2.30 bits per heavy atom. The summed E-state index contributed by atoms with van der Waals surface area (Å²) in [5.74, 6) is -0.0161. The third-order valence-corrected chi connectivity index (χ3v) is 7.80. The van der Waals surface area contributed by atoms with Crippen LogP contribution in [0.5, 0.6) is 11.5 Å². The number of benzene rings is 1. The minimum atomic E-state index is -1.09. The van der Waals surface area contributed by atoms with Gasteiger partial charge in [0.1, 0.15) is 6.04 Å². The van der Waals surface area contributed by atoms with E-state index in [1.807, 2.05) is 39.8 Å². The highest BCUT2D eigenvalue weighted by Gasteiger charge is 2.54. The molecule has 1 saturated heterocycles. The molecule has 10 heteroatoms. The molecule has 0 saturated carbocycles. The number of rotatable bonds is 10. The average Bonchev–Trinajstić information content (AvgIpc) is 3.06. The van der Waals surface area contributed by atoms with Crippen LogP contribution in [0.15, 0.2) is 12.1 Å². The quantitative estimate of drug-likeness (QED) is 0.408. The van der Waals surface area contributed by atoms with Gasteiger partial charge in [0, 0.05) is 11.5 Å². The van der Waals surface area contributed by atoms with Crippen molar-refractivity contribution < 1.29 is 33.5 Å². The average molecular weight is 518 g/mol. The minimum absolute atomic E-state index is 0.265. The van der Waals surface area contributed by atoms with E-state index < -0.39 is 42.8 Å². The van der Waals surface area contributed by atoms with Gasteiger partial charge in [0.2, 0.25) is 11.8 Å². The van der Waals surface area contributed by atoms with Crippen molar-refractivity contribution in [3.63, 3.8) is 0 Å². The van der Waals surface area contributed by atoms with Crippen molar-refractivity contribution in [2.75, 3.05) is 20.8 Å². The Kier molecular flexibility index (Phi) is 9.19. The molecule has 3 atom stereocenters. The molecule has 37 heavy (non-hydrogen) atoms. The molecule has 0 spiro atoms. The zero-order valence-corrected chi connectivity index (χ0v) is 23.5. The van der Waals surface area contributed by atoms with Crippen LogP contribution >= 0.6 is 0 Å². The third-order valence-electron chi connectivity index (χ3n) is 7.80. The topological polar surface area (TPSA) is 115 Å². The highest BCUT2D eigenvalue weighted by molar-refractivity contribution is 6.48. The lowest BCUT2D eigenvalue weighted by atomic mass is 9.74. The molecule has 1 unspecified atom stereocenters. The molecule has 2 aliphatic rings. The molecule has 0 aromatic heterocycles. The first-order valence-corrected chi connectivity index (χ1v) is 13.1. The number of methoxy groups -OCH3 is 2. The maximum absolute atomic E-state index is 13.2. The Morgan fingerprint density at radius 1 is 1.11 bits per heavy atom. The lowest BCUT2D eigenvalue weighted by molar-refractivity contribution is -0.132. The monoisotopic (exact) mass is 518 g/mol. The van der Waals surface area contributed by atoms with E-state index in [1.165, 1.54) is 0 Å². The number of carbonyl (C=O) groups is 2. The summed E-state index contributed by atoms with van der Waals surface area (Å²) in [4.78, 5) is 26.4. The van der Waals surface area contributed by atoms with E-state index in [-0.39, 0.29) is 17.7 Å². The summed E-state index contributed by atoms with van der Waals surface area (Å²) in [6, 6.07) is 2.79. The number of aryl methyl sites for hydroxylation is 1. The van der Waals surface area contributed by atoms with Crippen LogP contribution in [0.4, 0.5) is 0 Å². The molecule has 3 N–H and O–H groups in total. The van der Waals surface area contributed by atoms with Crippen molar-refractivity contribution in [2.45, 2.75) is 90.4 Å². The van der Waals surface area contributed by atoms with Gasteiger partial charge in [-0.15, -0.1) is 0 Å². The van der Waals surface area contributed by atoms with Crippen LogP contribution in [-0.4, -0.2) is 68.1 Å². The number of fused-ring (bicyclic) bond motifs is 1. The van der Waals surface area contributed by atoms with Crippen molar-refractivity contribution in [2.24, 2.45) is 11.8 Å². The fraction of sp³-hybridized carbons (Fsp3) is 0.704. The Bertz CT molecular complexity index is 966.